The van der Waals surface area contributed by atoms with Crippen LogP contribution < -0.4 is 4.74 Å². The van der Waals surface area contributed by atoms with E-state index in [9.17, 15) is 4.79 Å². The lowest BCUT2D eigenvalue weighted by Gasteiger charge is -2.08. The van der Waals surface area contributed by atoms with E-state index in [1.807, 2.05) is 66.9 Å². The number of ether oxygens (including phenoxy) is 2. The number of benzene rings is 2. The summed E-state index contributed by atoms with van der Waals surface area (Å²) in [5, 5.41) is 4.30. The molecular formula is C24H22N2O4. The lowest BCUT2D eigenvalue weighted by atomic mass is 10.0. The van der Waals surface area contributed by atoms with Crippen LogP contribution in [0.15, 0.2) is 77.5 Å². The highest BCUT2D eigenvalue weighted by Gasteiger charge is 2.28. The molecule has 0 fully saturated rings. The van der Waals surface area contributed by atoms with E-state index in [1.165, 1.54) is 0 Å². The van der Waals surface area contributed by atoms with Gasteiger partial charge in [0.15, 0.2) is 0 Å². The van der Waals surface area contributed by atoms with Crippen molar-refractivity contribution in [3.8, 4) is 28.4 Å². The Kier molecular flexibility index (Phi) is 5.66. The third-order valence-corrected chi connectivity index (χ3v) is 4.75. The summed E-state index contributed by atoms with van der Waals surface area (Å²) >= 11 is 0. The van der Waals surface area contributed by atoms with Gasteiger partial charge in [-0.15, -0.1) is 0 Å². The molecule has 0 atom stereocenters. The van der Waals surface area contributed by atoms with Crippen LogP contribution in [0.4, 0.5) is 0 Å². The topological polar surface area (TPSA) is 66.5 Å². The van der Waals surface area contributed by atoms with Crippen LogP contribution in [0, 0.1) is 0 Å². The maximum Gasteiger partial charge on any atom is 0.342 e. The highest BCUT2D eigenvalue weighted by Crippen LogP contribution is 2.38. The predicted octanol–water partition coefficient (Wildman–Crippen LogP) is 5.04. The predicted molar refractivity (Wildman–Crippen MR) is 113 cm³/mol. The summed E-state index contributed by atoms with van der Waals surface area (Å²) in [5.74, 6) is 1.40. The second-order valence-corrected chi connectivity index (χ2v) is 6.63. The summed E-state index contributed by atoms with van der Waals surface area (Å²) in [6.07, 6.45) is 3.56. The Bertz CT molecular complexity index is 1110. The molecule has 0 saturated carbocycles. The quantitative estimate of drug-likeness (QED) is 0.405. The molecule has 0 N–H and O–H groups in total. The lowest BCUT2D eigenvalue weighted by molar-refractivity contribution is 0.0525. The molecular weight excluding hydrogens is 380 g/mol. The third kappa shape index (κ3) is 3.85. The number of carbonyl (C=O) groups excluding carboxylic acids is 1. The van der Waals surface area contributed by atoms with Crippen LogP contribution in [0.1, 0.15) is 22.8 Å². The Labute approximate surface area is 174 Å². The van der Waals surface area contributed by atoms with Crippen LogP contribution in [0.25, 0.3) is 22.6 Å². The Morgan fingerprint density at radius 3 is 2.37 bits per heavy atom. The highest BCUT2D eigenvalue weighted by molar-refractivity contribution is 5.99. The fraction of sp³-hybridized carbons (Fsp3) is 0.167. The van der Waals surface area contributed by atoms with Gasteiger partial charge >= 0.3 is 5.97 Å². The molecule has 6 nitrogen and oxygen atoms in total. The van der Waals surface area contributed by atoms with E-state index < -0.39 is 5.97 Å². The van der Waals surface area contributed by atoms with Gasteiger partial charge in [0.25, 0.3) is 0 Å². The van der Waals surface area contributed by atoms with Gasteiger partial charge in [-0.1, -0.05) is 30.3 Å². The Morgan fingerprint density at radius 1 is 1.00 bits per heavy atom. The summed E-state index contributed by atoms with van der Waals surface area (Å²) in [6.45, 7) is 2.44. The van der Waals surface area contributed by atoms with Crippen LogP contribution in [0.5, 0.6) is 5.75 Å². The first-order valence-electron chi connectivity index (χ1n) is 9.71. The zero-order valence-electron chi connectivity index (χ0n) is 16.9. The molecule has 152 valence electrons. The number of hydrogen-bond donors (Lipinski definition) is 0. The zero-order chi connectivity index (χ0) is 20.9. The highest BCUT2D eigenvalue weighted by atomic mass is 16.5. The van der Waals surface area contributed by atoms with Gasteiger partial charge in [-0.25, -0.2) is 4.79 Å². The van der Waals surface area contributed by atoms with Crippen LogP contribution >= 0.6 is 0 Å². The number of methoxy groups -OCH3 is 1. The second kappa shape index (κ2) is 8.69. The van der Waals surface area contributed by atoms with Crippen LogP contribution in [0.2, 0.25) is 0 Å². The molecule has 0 spiro atoms. The molecule has 4 aromatic rings. The number of carbonyl (C=O) groups is 1. The van der Waals surface area contributed by atoms with Crippen molar-refractivity contribution in [1.29, 1.82) is 0 Å². The average Bonchev–Trinajstić information content (AvgIpc) is 3.43. The molecule has 0 amide bonds. The minimum Gasteiger partial charge on any atom is -0.497 e. The van der Waals surface area contributed by atoms with Gasteiger partial charge in [0.05, 0.1) is 20.3 Å². The minimum absolute atomic E-state index is 0.272. The molecule has 2 heterocycles. The lowest BCUT2D eigenvalue weighted by Crippen LogP contribution is -2.11. The Morgan fingerprint density at radius 2 is 1.73 bits per heavy atom. The molecule has 0 aliphatic heterocycles. The van der Waals surface area contributed by atoms with Crippen LogP contribution in [-0.2, 0) is 11.3 Å². The van der Waals surface area contributed by atoms with E-state index in [4.69, 9.17) is 13.9 Å². The SMILES string of the molecule is CCOC(=O)c1c(-c2ccc(OC)cc2)oc(-c2ccccc2)c1Cn1cccn1. The van der Waals surface area contributed by atoms with Crippen LogP contribution in [0.3, 0.4) is 0 Å². The van der Waals surface area contributed by atoms with Crippen LogP contribution in [-0.4, -0.2) is 29.5 Å². The molecule has 4 rings (SSSR count). The van der Waals surface area contributed by atoms with Gasteiger partial charge in [-0.3, -0.25) is 4.68 Å². The number of furan rings is 1. The standard InChI is InChI=1S/C24H22N2O4/c1-3-29-24(27)21-20(16-26-15-7-14-25-26)22(17-8-5-4-6-9-17)30-23(21)18-10-12-19(28-2)13-11-18/h4-15H,3,16H2,1-2H3. The van der Waals surface area contributed by atoms with Gasteiger partial charge in [0, 0.05) is 29.1 Å². The van der Waals surface area contributed by atoms with Gasteiger partial charge in [0.2, 0.25) is 0 Å². The average molecular weight is 402 g/mol. The first-order valence-corrected chi connectivity index (χ1v) is 9.71. The van der Waals surface area contributed by atoms with Crippen molar-refractivity contribution in [3.63, 3.8) is 0 Å². The number of nitrogens with zero attached hydrogens (tertiary/aromatic N) is 2. The van der Waals surface area contributed by atoms with E-state index in [0.29, 0.717) is 23.6 Å². The van der Waals surface area contributed by atoms with Gasteiger partial charge in [-0.05, 0) is 37.3 Å². The third-order valence-electron chi connectivity index (χ3n) is 4.75. The summed E-state index contributed by atoms with van der Waals surface area (Å²) in [7, 11) is 1.61. The van der Waals surface area contributed by atoms with Crippen molar-refractivity contribution >= 4 is 5.97 Å². The fourth-order valence-corrected chi connectivity index (χ4v) is 3.36. The molecule has 0 bridgehead atoms. The Balaban J connectivity index is 1.93. The van der Waals surface area contributed by atoms with E-state index in [1.54, 1.807) is 24.9 Å². The van der Waals surface area contributed by atoms with Crippen molar-refractivity contribution < 1.29 is 18.7 Å². The molecule has 6 heteroatoms. The van der Waals surface area contributed by atoms with E-state index >= 15 is 0 Å². The molecule has 0 saturated heterocycles. The maximum atomic E-state index is 13.0. The first kappa shape index (κ1) is 19.5. The number of rotatable bonds is 7. The van der Waals surface area contributed by atoms with Crippen molar-refractivity contribution in [2.75, 3.05) is 13.7 Å². The van der Waals surface area contributed by atoms with E-state index in [2.05, 4.69) is 5.10 Å². The summed E-state index contributed by atoms with van der Waals surface area (Å²) < 4.78 is 18.7. The summed E-state index contributed by atoms with van der Waals surface area (Å²) in [5.41, 5.74) is 2.79. The largest absolute Gasteiger partial charge is 0.497 e. The van der Waals surface area contributed by atoms with E-state index in [0.717, 1.165) is 22.4 Å². The van der Waals surface area contributed by atoms with Crippen molar-refractivity contribution in [1.82, 2.24) is 9.78 Å². The summed E-state index contributed by atoms with van der Waals surface area (Å²) in [4.78, 5) is 13.0. The molecule has 2 aromatic heterocycles. The van der Waals surface area contributed by atoms with Gasteiger partial charge in [0.1, 0.15) is 22.8 Å². The molecule has 0 radical (unpaired) electrons. The first-order chi connectivity index (χ1) is 14.7. The fourth-order valence-electron chi connectivity index (χ4n) is 3.36. The molecule has 0 unspecified atom stereocenters. The van der Waals surface area contributed by atoms with Crippen molar-refractivity contribution in [3.05, 3.63) is 84.2 Å². The normalized spacial score (nSPS) is 10.7. The monoisotopic (exact) mass is 402 g/mol. The number of aromatic nitrogens is 2. The molecule has 0 aliphatic carbocycles. The number of esters is 1. The second-order valence-electron chi connectivity index (χ2n) is 6.63. The molecule has 2 aromatic carbocycles. The molecule has 30 heavy (non-hydrogen) atoms. The summed E-state index contributed by atoms with van der Waals surface area (Å²) in [6, 6.07) is 19.0. The van der Waals surface area contributed by atoms with E-state index in [-0.39, 0.29) is 6.61 Å². The van der Waals surface area contributed by atoms with Gasteiger partial charge < -0.3 is 13.9 Å². The maximum absolute atomic E-state index is 13.0. The van der Waals surface area contributed by atoms with Gasteiger partial charge in [-0.2, -0.15) is 5.10 Å². The van der Waals surface area contributed by atoms with Crippen molar-refractivity contribution in [2.24, 2.45) is 0 Å². The smallest absolute Gasteiger partial charge is 0.342 e. The van der Waals surface area contributed by atoms with Crippen molar-refractivity contribution in [2.45, 2.75) is 13.5 Å². The minimum atomic E-state index is -0.420. The zero-order valence-corrected chi connectivity index (χ0v) is 16.9. The molecule has 0 aliphatic rings. The number of hydrogen-bond acceptors (Lipinski definition) is 5. The Hall–Kier alpha value is -3.80.